The normalized spacial score (nSPS) is 15.7. The summed E-state index contributed by atoms with van der Waals surface area (Å²) in [5, 5.41) is 14.8. The number of hydrogen-bond donors (Lipinski definition) is 3. The van der Waals surface area contributed by atoms with E-state index in [1.54, 1.807) is 0 Å². The monoisotopic (exact) mass is 292 g/mol. The van der Waals surface area contributed by atoms with Crippen LogP contribution in [0.25, 0.3) is 0 Å². The van der Waals surface area contributed by atoms with Crippen molar-refractivity contribution in [3.05, 3.63) is 23.8 Å². The van der Waals surface area contributed by atoms with E-state index >= 15 is 0 Å². The van der Waals surface area contributed by atoms with Crippen molar-refractivity contribution in [1.82, 2.24) is 5.32 Å². The van der Waals surface area contributed by atoms with Crippen LogP contribution in [0.2, 0.25) is 0 Å². The van der Waals surface area contributed by atoms with Crippen molar-refractivity contribution in [1.29, 1.82) is 0 Å². The number of aliphatic hydroxyl groups is 1. The molecule has 1 aromatic rings. The molecule has 0 atom stereocenters. The fraction of sp³-hybridized carbons (Fsp3) is 0.562. The Kier molecular flexibility index (Phi) is 4.73. The lowest BCUT2D eigenvalue weighted by Gasteiger charge is -2.15. The number of benzene rings is 1. The van der Waals surface area contributed by atoms with Gasteiger partial charge < -0.3 is 20.5 Å². The summed E-state index contributed by atoms with van der Waals surface area (Å²) >= 11 is 0. The molecule has 5 nitrogen and oxygen atoms in total. The molecular weight excluding hydrogens is 268 g/mol. The van der Waals surface area contributed by atoms with Crippen molar-refractivity contribution in [2.75, 3.05) is 18.5 Å². The van der Waals surface area contributed by atoms with Crippen LogP contribution in [-0.4, -0.2) is 30.4 Å². The molecule has 2 rings (SSSR count). The van der Waals surface area contributed by atoms with Crippen LogP contribution in [0.15, 0.2) is 18.2 Å². The molecule has 1 aliphatic carbocycles. The SMILES string of the molecule is Cc1cc(NC(=O)NCC2(CO)CC2)ccc1OC(C)C. The highest BCUT2D eigenvalue weighted by Crippen LogP contribution is 2.44. The lowest BCUT2D eigenvalue weighted by Crippen LogP contribution is -2.35. The van der Waals surface area contributed by atoms with Crippen molar-refractivity contribution in [3.63, 3.8) is 0 Å². The Morgan fingerprint density at radius 2 is 2.14 bits per heavy atom. The summed E-state index contributed by atoms with van der Waals surface area (Å²) in [6, 6.07) is 5.33. The number of anilines is 1. The van der Waals surface area contributed by atoms with Gasteiger partial charge in [-0.05, 0) is 57.4 Å². The average Bonchev–Trinajstić information content (AvgIpc) is 3.20. The zero-order chi connectivity index (χ0) is 15.5. The number of ether oxygens (including phenoxy) is 1. The Morgan fingerprint density at radius 3 is 2.67 bits per heavy atom. The van der Waals surface area contributed by atoms with Gasteiger partial charge in [0.25, 0.3) is 0 Å². The molecule has 0 heterocycles. The molecule has 5 heteroatoms. The molecule has 21 heavy (non-hydrogen) atoms. The van der Waals surface area contributed by atoms with Crippen LogP contribution in [0.1, 0.15) is 32.3 Å². The second-order valence-corrected chi connectivity index (χ2v) is 6.11. The number of nitrogens with one attached hydrogen (secondary N) is 2. The van der Waals surface area contributed by atoms with E-state index in [0.717, 1.165) is 29.8 Å². The van der Waals surface area contributed by atoms with Gasteiger partial charge in [-0.1, -0.05) is 0 Å². The van der Waals surface area contributed by atoms with Crippen LogP contribution in [0.5, 0.6) is 5.75 Å². The van der Waals surface area contributed by atoms with Crippen LogP contribution in [-0.2, 0) is 0 Å². The number of amides is 2. The summed E-state index contributed by atoms with van der Waals surface area (Å²) in [5.74, 6) is 0.827. The first-order chi connectivity index (χ1) is 9.94. The minimum Gasteiger partial charge on any atom is -0.491 e. The third kappa shape index (κ3) is 4.36. The van der Waals surface area contributed by atoms with Gasteiger partial charge in [0.1, 0.15) is 5.75 Å². The lowest BCUT2D eigenvalue weighted by molar-refractivity contribution is 0.206. The molecule has 0 radical (unpaired) electrons. The largest absolute Gasteiger partial charge is 0.491 e. The lowest BCUT2D eigenvalue weighted by atomic mass is 10.1. The maximum Gasteiger partial charge on any atom is 0.319 e. The number of carbonyl (C=O) groups excluding carboxylic acids is 1. The predicted octanol–water partition coefficient (Wildman–Crippen LogP) is 2.68. The first-order valence-corrected chi connectivity index (χ1v) is 7.37. The molecule has 0 bridgehead atoms. The smallest absolute Gasteiger partial charge is 0.319 e. The quantitative estimate of drug-likeness (QED) is 0.755. The number of carbonyl (C=O) groups is 1. The Hall–Kier alpha value is -1.75. The second kappa shape index (κ2) is 6.35. The molecule has 1 aliphatic rings. The van der Waals surface area contributed by atoms with Gasteiger partial charge in [0.15, 0.2) is 0 Å². The summed E-state index contributed by atoms with van der Waals surface area (Å²) in [5.41, 5.74) is 1.63. The number of rotatable bonds is 6. The van der Waals surface area contributed by atoms with E-state index in [-0.39, 0.29) is 24.2 Å². The molecule has 0 spiro atoms. The zero-order valence-corrected chi connectivity index (χ0v) is 12.9. The van der Waals surface area contributed by atoms with Crippen LogP contribution in [0, 0.1) is 12.3 Å². The van der Waals surface area contributed by atoms with Gasteiger partial charge in [0.05, 0.1) is 12.7 Å². The summed E-state index contributed by atoms with van der Waals surface area (Å²) in [7, 11) is 0. The molecular formula is C16H24N2O3. The summed E-state index contributed by atoms with van der Waals surface area (Å²) in [4.78, 5) is 11.8. The fourth-order valence-electron chi connectivity index (χ4n) is 2.12. The number of hydrogen-bond acceptors (Lipinski definition) is 3. The Morgan fingerprint density at radius 1 is 1.43 bits per heavy atom. The van der Waals surface area contributed by atoms with Gasteiger partial charge in [-0.25, -0.2) is 4.79 Å². The van der Waals surface area contributed by atoms with Gasteiger partial charge in [0, 0.05) is 17.6 Å². The van der Waals surface area contributed by atoms with Crippen LogP contribution in [0.4, 0.5) is 10.5 Å². The standard InChI is InChI=1S/C16H24N2O3/c1-11(2)21-14-5-4-13(8-12(14)3)18-15(20)17-9-16(10-19)6-7-16/h4-5,8,11,19H,6-7,9-10H2,1-3H3,(H2,17,18,20). The third-order valence-electron chi connectivity index (χ3n) is 3.71. The fourth-order valence-corrected chi connectivity index (χ4v) is 2.12. The van der Waals surface area contributed by atoms with Crippen molar-refractivity contribution in [3.8, 4) is 5.75 Å². The summed E-state index contributed by atoms with van der Waals surface area (Å²) < 4.78 is 5.66. The van der Waals surface area contributed by atoms with Crippen LogP contribution < -0.4 is 15.4 Å². The van der Waals surface area contributed by atoms with Gasteiger partial charge >= 0.3 is 6.03 Å². The number of urea groups is 1. The second-order valence-electron chi connectivity index (χ2n) is 6.11. The molecule has 3 N–H and O–H groups in total. The number of aliphatic hydroxyl groups excluding tert-OH is 1. The third-order valence-corrected chi connectivity index (χ3v) is 3.71. The highest BCUT2D eigenvalue weighted by molar-refractivity contribution is 5.89. The topological polar surface area (TPSA) is 70.6 Å². The Labute approximate surface area is 125 Å². The minimum atomic E-state index is -0.244. The molecule has 0 saturated heterocycles. The molecule has 116 valence electrons. The van der Waals surface area contributed by atoms with Gasteiger partial charge in [-0.2, -0.15) is 0 Å². The van der Waals surface area contributed by atoms with Crippen molar-refractivity contribution >= 4 is 11.7 Å². The average molecular weight is 292 g/mol. The molecule has 0 aliphatic heterocycles. The molecule has 2 amide bonds. The molecule has 0 aromatic heterocycles. The van der Waals surface area contributed by atoms with Gasteiger partial charge in [-0.3, -0.25) is 0 Å². The van der Waals surface area contributed by atoms with E-state index < -0.39 is 0 Å². The summed E-state index contributed by atoms with van der Waals surface area (Å²) in [6.07, 6.45) is 2.08. The predicted molar refractivity (Wildman–Crippen MR) is 82.7 cm³/mol. The van der Waals surface area contributed by atoms with E-state index in [9.17, 15) is 9.90 Å². The van der Waals surface area contributed by atoms with E-state index in [2.05, 4.69) is 10.6 Å². The molecule has 1 fully saturated rings. The number of aryl methyl sites for hydroxylation is 1. The van der Waals surface area contributed by atoms with Gasteiger partial charge in [-0.15, -0.1) is 0 Å². The molecule has 1 saturated carbocycles. The van der Waals surface area contributed by atoms with Crippen molar-refractivity contribution in [2.24, 2.45) is 5.41 Å². The summed E-state index contributed by atoms with van der Waals surface area (Å²) in [6.45, 7) is 6.56. The van der Waals surface area contributed by atoms with E-state index in [1.165, 1.54) is 0 Å². The maximum absolute atomic E-state index is 11.8. The maximum atomic E-state index is 11.8. The zero-order valence-electron chi connectivity index (χ0n) is 12.9. The first kappa shape index (κ1) is 15.6. The minimum absolute atomic E-state index is 0.0811. The highest BCUT2D eigenvalue weighted by Gasteiger charge is 2.42. The van der Waals surface area contributed by atoms with Gasteiger partial charge in [0.2, 0.25) is 0 Å². The Balaban J connectivity index is 1.87. The molecule has 0 unspecified atom stereocenters. The van der Waals surface area contributed by atoms with Crippen LogP contribution >= 0.6 is 0 Å². The van der Waals surface area contributed by atoms with E-state index in [4.69, 9.17) is 4.74 Å². The van der Waals surface area contributed by atoms with E-state index in [1.807, 2.05) is 39.0 Å². The molecule has 1 aromatic carbocycles. The van der Waals surface area contributed by atoms with Crippen molar-refractivity contribution < 1.29 is 14.6 Å². The van der Waals surface area contributed by atoms with Crippen LogP contribution in [0.3, 0.4) is 0 Å². The highest BCUT2D eigenvalue weighted by atomic mass is 16.5. The van der Waals surface area contributed by atoms with E-state index in [0.29, 0.717) is 6.54 Å². The Bertz CT molecular complexity index is 510. The first-order valence-electron chi connectivity index (χ1n) is 7.37. The van der Waals surface area contributed by atoms with Crippen molar-refractivity contribution in [2.45, 2.75) is 39.7 Å².